The molecule has 28 heavy (non-hydrogen) atoms. The quantitative estimate of drug-likeness (QED) is 0.602. The van der Waals surface area contributed by atoms with Crippen LogP contribution in [0, 0.1) is 17.2 Å². The number of alkyl halides is 2. The second-order valence-corrected chi connectivity index (χ2v) is 7.18. The maximum atomic E-state index is 14.2. The van der Waals surface area contributed by atoms with E-state index in [-0.39, 0.29) is 34.7 Å². The van der Waals surface area contributed by atoms with Gasteiger partial charge in [-0.1, -0.05) is 27.7 Å². The molecule has 1 aromatic rings. The van der Waals surface area contributed by atoms with E-state index in [4.69, 9.17) is 14.7 Å². The number of benzene rings is 1. The fourth-order valence-corrected chi connectivity index (χ4v) is 2.75. The summed E-state index contributed by atoms with van der Waals surface area (Å²) in [4.78, 5) is 12.7. The zero-order chi connectivity index (χ0) is 21.3. The first-order valence-corrected chi connectivity index (χ1v) is 9.56. The van der Waals surface area contributed by atoms with E-state index in [2.05, 4.69) is 5.32 Å². The minimum atomic E-state index is -3.15. The molecule has 0 aliphatic rings. The highest BCUT2D eigenvalue weighted by Gasteiger charge is 2.33. The van der Waals surface area contributed by atoms with Crippen molar-refractivity contribution in [3.8, 4) is 11.8 Å². The van der Waals surface area contributed by atoms with Crippen LogP contribution in [-0.2, 0) is 15.5 Å². The van der Waals surface area contributed by atoms with Crippen molar-refractivity contribution in [3.63, 3.8) is 0 Å². The van der Waals surface area contributed by atoms with Crippen LogP contribution in [-0.4, -0.2) is 31.8 Å². The minimum Gasteiger partial charge on any atom is -0.481 e. The molecule has 156 valence electrons. The van der Waals surface area contributed by atoms with Gasteiger partial charge in [0, 0.05) is 19.1 Å². The molecule has 0 aliphatic heterocycles. The van der Waals surface area contributed by atoms with Crippen LogP contribution >= 0.6 is 0 Å². The summed E-state index contributed by atoms with van der Waals surface area (Å²) < 4.78 is 39.3. The molecular formula is C21H30F2N2O3. The smallest absolute Gasteiger partial charge is 0.274 e. The molecule has 0 saturated carbocycles. The van der Waals surface area contributed by atoms with E-state index in [9.17, 15) is 13.6 Å². The van der Waals surface area contributed by atoms with Crippen molar-refractivity contribution >= 4 is 5.91 Å². The van der Waals surface area contributed by atoms with Crippen molar-refractivity contribution in [1.82, 2.24) is 5.32 Å². The molecule has 0 aliphatic carbocycles. The van der Waals surface area contributed by atoms with Crippen LogP contribution in [0.15, 0.2) is 18.2 Å². The highest BCUT2D eigenvalue weighted by Crippen LogP contribution is 2.36. The van der Waals surface area contributed by atoms with E-state index in [0.717, 1.165) is 6.07 Å². The molecule has 2 unspecified atom stereocenters. The molecule has 0 saturated heterocycles. The number of carbonyl (C=O) groups excluding carboxylic acids is 1. The molecule has 0 fully saturated rings. The number of hydrogen-bond donors (Lipinski definition) is 1. The zero-order valence-electron chi connectivity index (χ0n) is 17.2. The van der Waals surface area contributed by atoms with Gasteiger partial charge in [-0.3, -0.25) is 4.79 Å². The van der Waals surface area contributed by atoms with Gasteiger partial charge in [0.15, 0.2) is 6.10 Å². The Morgan fingerprint density at radius 3 is 2.50 bits per heavy atom. The summed E-state index contributed by atoms with van der Waals surface area (Å²) in [5.41, 5.74) is -0.486. The lowest BCUT2D eigenvalue weighted by Gasteiger charge is -2.24. The van der Waals surface area contributed by atoms with Crippen LogP contribution in [0.5, 0.6) is 5.75 Å². The minimum absolute atomic E-state index is 0.102. The Hall–Kier alpha value is -2.20. The average molecular weight is 396 g/mol. The molecule has 1 rings (SSSR count). The summed E-state index contributed by atoms with van der Waals surface area (Å²) in [5, 5.41) is 12.0. The van der Waals surface area contributed by atoms with E-state index in [1.807, 2.05) is 20.8 Å². The molecule has 1 amide bonds. The van der Waals surface area contributed by atoms with Gasteiger partial charge >= 0.3 is 0 Å². The van der Waals surface area contributed by atoms with Gasteiger partial charge in [0.25, 0.3) is 11.8 Å². The third kappa shape index (κ3) is 6.75. The monoisotopic (exact) mass is 396 g/mol. The van der Waals surface area contributed by atoms with Crippen LogP contribution < -0.4 is 10.1 Å². The van der Waals surface area contributed by atoms with Crippen LogP contribution in [0.2, 0.25) is 0 Å². The number of halogens is 2. The standard InChI is InChI=1S/C21H30F2N2O3/c1-6-16(13-27-5)25-20(26)19(10-14(3)4)28-17-9-8-15(12-24)18(11-17)21(22,23)7-2/h8-9,11,14,16,19H,6-7,10,13H2,1-5H3,(H,25,26). The maximum Gasteiger partial charge on any atom is 0.274 e. The predicted molar refractivity (Wildman–Crippen MR) is 103 cm³/mol. The van der Waals surface area contributed by atoms with E-state index >= 15 is 0 Å². The fraction of sp³-hybridized carbons (Fsp3) is 0.619. The lowest BCUT2D eigenvalue weighted by molar-refractivity contribution is -0.129. The molecule has 7 heteroatoms. The number of methoxy groups -OCH3 is 1. The topological polar surface area (TPSA) is 71.3 Å². The van der Waals surface area contributed by atoms with Crippen molar-refractivity contribution in [2.75, 3.05) is 13.7 Å². The van der Waals surface area contributed by atoms with Gasteiger partial charge in [-0.25, -0.2) is 8.78 Å². The van der Waals surface area contributed by atoms with E-state index in [1.54, 1.807) is 13.2 Å². The third-order valence-corrected chi connectivity index (χ3v) is 4.41. The van der Waals surface area contributed by atoms with Crippen molar-refractivity contribution < 1.29 is 23.0 Å². The second kappa shape index (κ2) is 11.0. The number of nitriles is 1. The number of nitrogens with zero attached hydrogens (tertiary/aromatic N) is 1. The molecule has 5 nitrogen and oxygen atoms in total. The highest BCUT2D eigenvalue weighted by atomic mass is 19.3. The van der Waals surface area contributed by atoms with Crippen molar-refractivity contribution in [2.24, 2.45) is 5.92 Å². The van der Waals surface area contributed by atoms with Crippen molar-refractivity contribution in [2.45, 2.75) is 65.0 Å². The first-order valence-electron chi connectivity index (χ1n) is 9.56. The van der Waals surface area contributed by atoms with E-state index in [1.165, 1.54) is 19.1 Å². The molecule has 1 aromatic carbocycles. The SMILES string of the molecule is CCC(COC)NC(=O)C(CC(C)C)Oc1ccc(C#N)c(C(F)(F)CC)c1. The Labute approximate surface area is 166 Å². The summed E-state index contributed by atoms with van der Waals surface area (Å²) in [6, 6.07) is 5.55. The first kappa shape index (κ1) is 23.8. The summed E-state index contributed by atoms with van der Waals surface area (Å²) in [5.74, 6) is -3.16. The highest BCUT2D eigenvalue weighted by molar-refractivity contribution is 5.81. The maximum absolute atomic E-state index is 14.2. The van der Waals surface area contributed by atoms with Crippen LogP contribution in [0.25, 0.3) is 0 Å². The lowest BCUT2D eigenvalue weighted by Crippen LogP contribution is -2.45. The number of nitrogens with one attached hydrogen (secondary N) is 1. The van der Waals surface area contributed by atoms with Gasteiger partial charge in [-0.2, -0.15) is 5.26 Å². The second-order valence-electron chi connectivity index (χ2n) is 7.18. The first-order chi connectivity index (χ1) is 13.2. The molecule has 0 spiro atoms. The molecule has 1 N–H and O–H groups in total. The zero-order valence-corrected chi connectivity index (χ0v) is 17.2. The summed E-state index contributed by atoms with van der Waals surface area (Å²) in [6.07, 6.45) is -0.148. The molecule has 0 heterocycles. The molecule has 0 radical (unpaired) electrons. The largest absolute Gasteiger partial charge is 0.481 e. The lowest BCUT2D eigenvalue weighted by atomic mass is 10.00. The van der Waals surface area contributed by atoms with Gasteiger partial charge in [-0.05, 0) is 37.0 Å². The van der Waals surface area contributed by atoms with E-state index < -0.39 is 18.4 Å². The Balaban J connectivity index is 3.11. The number of rotatable bonds is 11. The van der Waals surface area contributed by atoms with E-state index in [0.29, 0.717) is 19.4 Å². The molecule has 0 bridgehead atoms. The summed E-state index contributed by atoms with van der Waals surface area (Å²) in [6.45, 7) is 7.56. The van der Waals surface area contributed by atoms with Gasteiger partial charge < -0.3 is 14.8 Å². The Morgan fingerprint density at radius 2 is 2.00 bits per heavy atom. The Bertz CT molecular complexity index is 687. The van der Waals surface area contributed by atoms with Gasteiger partial charge in [0.2, 0.25) is 0 Å². The van der Waals surface area contributed by atoms with Crippen LogP contribution in [0.3, 0.4) is 0 Å². The summed E-state index contributed by atoms with van der Waals surface area (Å²) in [7, 11) is 1.56. The molecule has 2 atom stereocenters. The van der Waals surface area contributed by atoms with Crippen LogP contribution in [0.1, 0.15) is 58.1 Å². The number of ether oxygens (including phenoxy) is 2. The fourth-order valence-electron chi connectivity index (χ4n) is 2.75. The number of carbonyl (C=O) groups is 1. The van der Waals surface area contributed by atoms with Crippen molar-refractivity contribution in [1.29, 1.82) is 5.26 Å². The number of amides is 1. The molecular weight excluding hydrogens is 366 g/mol. The third-order valence-electron chi connectivity index (χ3n) is 4.41. The van der Waals surface area contributed by atoms with Gasteiger partial charge in [0.1, 0.15) is 5.75 Å². The van der Waals surface area contributed by atoms with Crippen LogP contribution in [0.4, 0.5) is 8.78 Å². The average Bonchev–Trinajstić information content (AvgIpc) is 2.66. The Kier molecular flexibility index (Phi) is 9.33. The Morgan fingerprint density at radius 1 is 1.32 bits per heavy atom. The molecule has 0 aromatic heterocycles. The van der Waals surface area contributed by atoms with Gasteiger partial charge in [-0.15, -0.1) is 0 Å². The predicted octanol–water partition coefficient (Wildman–Crippen LogP) is 4.39. The van der Waals surface area contributed by atoms with Gasteiger partial charge in [0.05, 0.1) is 24.3 Å². The number of hydrogen-bond acceptors (Lipinski definition) is 4. The van der Waals surface area contributed by atoms with Crippen molar-refractivity contribution in [3.05, 3.63) is 29.3 Å². The summed E-state index contributed by atoms with van der Waals surface area (Å²) >= 11 is 0. The normalized spacial score (nSPS) is 13.7.